The molecule has 1 atom stereocenters. The zero-order valence-corrected chi connectivity index (χ0v) is 15.8. The highest BCUT2D eigenvalue weighted by Crippen LogP contribution is 2.36. The van der Waals surface area contributed by atoms with Crippen molar-refractivity contribution in [2.24, 2.45) is 0 Å². The quantitative estimate of drug-likeness (QED) is 0.480. The van der Waals surface area contributed by atoms with E-state index < -0.39 is 5.79 Å². The molecule has 0 radical (unpaired) electrons. The first kappa shape index (κ1) is 18.2. The first-order valence-electron chi connectivity index (χ1n) is 10.6. The molecule has 3 heteroatoms. The topological polar surface area (TPSA) is 27.7 Å². The van der Waals surface area contributed by atoms with Gasteiger partial charge in [0.1, 0.15) is 6.10 Å². The van der Waals surface area contributed by atoms with Crippen molar-refractivity contribution in [3.63, 3.8) is 0 Å². The molecule has 1 heterocycles. The van der Waals surface area contributed by atoms with E-state index in [0.29, 0.717) is 6.61 Å². The maximum atomic E-state index is 6.02. The lowest BCUT2D eigenvalue weighted by atomic mass is 9.91. The van der Waals surface area contributed by atoms with Gasteiger partial charge in [-0.3, -0.25) is 0 Å². The number of benzene rings is 1. The lowest BCUT2D eigenvalue weighted by molar-refractivity contribution is -0.484. The van der Waals surface area contributed by atoms with E-state index in [9.17, 15) is 0 Å². The van der Waals surface area contributed by atoms with Crippen molar-refractivity contribution in [1.29, 1.82) is 0 Å². The minimum atomic E-state index is -0.469. The molecule has 142 valence electrons. The second-order valence-electron chi connectivity index (χ2n) is 8.21. The van der Waals surface area contributed by atoms with Gasteiger partial charge in [-0.2, -0.15) is 0 Å². The van der Waals surface area contributed by atoms with Gasteiger partial charge in [-0.05, 0) is 48.8 Å². The molecule has 3 fully saturated rings. The van der Waals surface area contributed by atoms with E-state index in [0.717, 1.165) is 31.6 Å². The molecule has 4 rings (SSSR count). The SMILES string of the molecule is C(=CC1COC2(CCCCC2)OO1)c1ccc(C2CCCCCC2)cc1. The van der Waals surface area contributed by atoms with Crippen molar-refractivity contribution in [3.8, 4) is 0 Å². The Bertz CT molecular complexity index is 568. The molecule has 1 aromatic carbocycles. The van der Waals surface area contributed by atoms with Crippen molar-refractivity contribution < 1.29 is 14.5 Å². The second kappa shape index (κ2) is 8.69. The van der Waals surface area contributed by atoms with Crippen LogP contribution in [0, 0.1) is 0 Å². The predicted octanol–water partition coefficient (Wildman–Crippen LogP) is 6.15. The summed E-state index contributed by atoms with van der Waals surface area (Å²) in [4.78, 5) is 11.3. The van der Waals surface area contributed by atoms with Gasteiger partial charge in [0.05, 0.1) is 6.61 Å². The number of hydrogen-bond donors (Lipinski definition) is 0. The molecule has 1 spiro atoms. The molecule has 26 heavy (non-hydrogen) atoms. The number of ether oxygens (including phenoxy) is 1. The Morgan fingerprint density at radius 2 is 1.54 bits per heavy atom. The molecule has 1 unspecified atom stereocenters. The molecule has 0 amide bonds. The van der Waals surface area contributed by atoms with Crippen LogP contribution < -0.4 is 0 Å². The average Bonchev–Trinajstić information content (AvgIpc) is 2.98. The van der Waals surface area contributed by atoms with Gasteiger partial charge in [-0.25, -0.2) is 9.78 Å². The summed E-state index contributed by atoms with van der Waals surface area (Å²) in [6, 6.07) is 9.07. The van der Waals surface area contributed by atoms with E-state index in [-0.39, 0.29) is 6.10 Å². The minimum Gasteiger partial charge on any atom is -0.344 e. The van der Waals surface area contributed by atoms with Crippen molar-refractivity contribution in [2.75, 3.05) is 6.61 Å². The first-order valence-corrected chi connectivity index (χ1v) is 10.6. The van der Waals surface area contributed by atoms with Crippen LogP contribution in [0.25, 0.3) is 6.08 Å². The smallest absolute Gasteiger partial charge is 0.201 e. The van der Waals surface area contributed by atoms with E-state index in [1.165, 1.54) is 56.1 Å². The summed E-state index contributed by atoms with van der Waals surface area (Å²) < 4.78 is 6.02. The molecule has 2 saturated carbocycles. The average molecular weight is 357 g/mol. The van der Waals surface area contributed by atoms with Crippen molar-refractivity contribution in [1.82, 2.24) is 0 Å². The molecule has 3 aliphatic rings. The van der Waals surface area contributed by atoms with E-state index in [1.54, 1.807) is 0 Å². The minimum absolute atomic E-state index is 0.121. The van der Waals surface area contributed by atoms with E-state index in [1.807, 2.05) is 0 Å². The number of rotatable bonds is 3. The summed E-state index contributed by atoms with van der Waals surface area (Å²) in [6.45, 7) is 0.580. The summed E-state index contributed by atoms with van der Waals surface area (Å²) in [5.74, 6) is 0.286. The van der Waals surface area contributed by atoms with Crippen LogP contribution in [0.2, 0.25) is 0 Å². The van der Waals surface area contributed by atoms with Crippen LogP contribution in [-0.4, -0.2) is 18.5 Å². The Morgan fingerprint density at radius 3 is 2.19 bits per heavy atom. The van der Waals surface area contributed by atoms with E-state index in [2.05, 4.69) is 36.4 Å². The Labute approximate surface area is 157 Å². The Morgan fingerprint density at radius 1 is 0.846 bits per heavy atom. The second-order valence-corrected chi connectivity index (χ2v) is 8.21. The molecule has 0 N–H and O–H groups in total. The zero-order chi connectivity index (χ0) is 17.7. The monoisotopic (exact) mass is 356 g/mol. The van der Waals surface area contributed by atoms with Crippen molar-refractivity contribution >= 4 is 6.08 Å². The van der Waals surface area contributed by atoms with E-state index >= 15 is 0 Å². The van der Waals surface area contributed by atoms with Gasteiger partial charge >= 0.3 is 0 Å². The summed E-state index contributed by atoms with van der Waals surface area (Å²) in [5, 5.41) is 0. The molecule has 1 aliphatic heterocycles. The molecular weight excluding hydrogens is 324 g/mol. The fourth-order valence-corrected chi connectivity index (χ4v) is 4.55. The maximum absolute atomic E-state index is 6.02. The molecule has 1 saturated heterocycles. The zero-order valence-electron chi connectivity index (χ0n) is 15.8. The van der Waals surface area contributed by atoms with Gasteiger partial charge in [-0.1, -0.05) is 62.4 Å². The Hall–Kier alpha value is -1.16. The lowest BCUT2D eigenvalue weighted by Gasteiger charge is -2.40. The third-order valence-corrected chi connectivity index (χ3v) is 6.22. The standard InChI is InChI=1S/C23H32O3/c1-2-5-9-20(8-4-1)21-13-10-19(11-14-21)12-15-22-18-24-23(26-25-22)16-6-3-7-17-23/h10-15,20,22H,1-9,16-18H2. The molecule has 1 aromatic rings. The molecule has 0 aromatic heterocycles. The largest absolute Gasteiger partial charge is 0.344 e. The van der Waals surface area contributed by atoms with Gasteiger partial charge in [0, 0.05) is 12.8 Å². The summed E-state index contributed by atoms with van der Waals surface area (Å²) in [7, 11) is 0. The third-order valence-electron chi connectivity index (χ3n) is 6.22. The fraction of sp³-hybridized carbons (Fsp3) is 0.652. The van der Waals surface area contributed by atoms with Gasteiger partial charge in [0.15, 0.2) is 0 Å². The van der Waals surface area contributed by atoms with Crippen molar-refractivity contribution in [2.45, 2.75) is 88.4 Å². The molecule has 3 nitrogen and oxygen atoms in total. The van der Waals surface area contributed by atoms with Crippen LogP contribution in [0.3, 0.4) is 0 Å². The third kappa shape index (κ3) is 4.57. The van der Waals surface area contributed by atoms with Crippen LogP contribution in [0.1, 0.15) is 87.7 Å². The normalized spacial score (nSPS) is 27.6. The Kier molecular flexibility index (Phi) is 6.08. The highest BCUT2D eigenvalue weighted by molar-refractivity contribution is 5.50. The summed E-state index contributed by atoms with van der Waals surface area (Å²) in [6.07, 6.45) is 17.8. The van der Waals surface area contributed by atoms with Crippen LogP contribution >= 0.6 is 0 Å². The molecule has 2 aliphatic carbocycles. The van der Waals surface area contributed by atoms with Crippen LogP contribution in [0.4, 0.5) is 0 Å². The van der Waals surface area contributed by atoms with Crippen LogP contribution in [0.5, 0.6) is 0 Å². The Balaban J connectivity index is 1.30. The molecular formula is C23H32O3. The predicted molar refractivity (Wildman–Crippen MR) is 104 cm³/mol. The van der Waals surface area contributed by atoms with Crippen LogP contribution in [0.15, 0.2) is 30.3 Å². The lowest BCUT2D eigenvalue weighted by Crippen LogP contribution is -2.45. The first-order chi connectivity index (χ1) is 12.8. The van der Waals surface area contributed by atoms with Gasteiger partial charge < -0.3 is 4.74 Å². The van der Waals surface area contributed by atoms with Gasteiger partial charge in [0.25, 0.3) is 0 Å². The summed E-state index contributed by atoms with van der Waals surface area (Å²) in [5.41, 5.74) is 2.72. The highest BCUT2D eigenvalue weighted by atomic mass is 17.2. The van der Waals surface area contributed by atoms with Gasteiger partial charge in [-0.15, -0.1) is 0 Å². The maximum Gasteiger partial charge on any atom is 0.201 e. The molecule has 0 bridgehead atoms. The summed E-state index contributed by atoms with van der Waals surface area (Å²) >= 11 is 0. The van der Waals surface area contributed by atoms with E-state index in [4.69, 9.17) is 14.5 Å². The highest BCUT2D eigenvalue weighted by Gasteiger charge is 2.39. The fourth-order valence-electron chi connectivity index (χ4n) is 4.55. The van der Waals surface area contributed by atoms with Gasteiger partial charge in [0.2, 0.25) is 5.79 Å². The van der Waals surface area contributed by atoms with Crippen molar-refractivity contribution in [3.05, 3.63) is 41.5 Å². The number of hydrogen-bond acceptors (Lipinski definition) is 3. The van der Waals surface area contributed by atoms with Crippen LogP contribution in [-0.2, 0) is 14.5 Å².